The maximum atomic E-state index is 13.2. The predicted octanol–water partition coefficient (Wildman–Crippen LogP) is 11.4. The molecule has 0 rings (SSSR count). The van der Waals surface area contributed by atoms with Crippen LogP contribution in [-0.2, 0) is 32.1 Å². The summed E-state index contributed by atoms with van der Waals surface area (Å²) in [5, 5.41) is 3.99. The third-order valence-electron chi connectivity index (χ3n) is 11.6. The van der Waals surface area contributed by atoms with E-state index in [0.29, 0.717) is 57.0 Å². The van der Waals surface area contributed by atoms with Crippen LogP contribution in [0.3, 0.4) is 0 Å². The molecule has 0 unspecified atom stereocenters. The van der Waals surface area contributed by atoms with Crippen molar-refractivity contribution in [2.75, 3.05) is 45.9 Å². The minimum absolute atomic E-state index is 0.0510. The molecule has 0 atom stereocenters. The van der Waals surface area contributed by atoms with E-state index in [-0.39, 0.29) is 39.8 Å². The second kappa shape index (κ2) is 23.1. The molecule has 55 heavy (non-hydrogen) atoms. The standard InChI is InChI=1S/C40H90N3O7PSSi3/c1-32(2)42(33(3)4)51(43(34(5)6)35(7)8)47-30-45-29-46-31-52-36(44)24-25-41-40(26-48-53(18,19)37(9,10)11,27-49-54(20,21)38(12,13)14)28-50-55(22,23)39(15,16)17/h32-35,41H,24-31H2,1-23H3. The number of hydrogen-bond acceptors (Lipinski definition) is 11. The van der Waals surface area contributed by atoms with Crippen molar-refractivity contribution >= 4 is 50.3 Å². The SMILES string of the molecule is CC(C)N(C(C)C)P(OCOCOCSC(=O)CCNC(CO[Si](C)(C)C(C)(C)C)(CO[Si](C)(C)C(C)(C)C)CO[Si](C)(C)C(C)(C)C)N(C(C)C)C(C)C. The van der Waals surface area contributed by atoms with Crippen molar-refractivity contribution in [2.45, 2.75) is 208 Å². The molecule has 10 nitrogen and oxygen atoms in total. The van der Waals surface area contributed by atoms with Crippen molar-refractivity contribution in [3.63, 3.8) is 0 Å². The van der Waals surface area contributed by atoms with Crippen LogP contribution in [0.25, 0.3) is 0 Å². The average Bonchev–Trinajstić information content (AvgIpc) is 2.98. The fourth-order valence-corrected chi connectivity index (χ4v) is 10.9. The van der Waals surface area contributed by atoms with Crippen LogP contribution in [0.2, 0.25) is 54.4 Å². The molecule has 0 aromatic rings. The number of rotatable bonds is 26. The molecule has 0 amide bonds. The minimum Gasteiger partial charge on any atom is -0.415 e. The predicted molar refractivity (Wildman–Crippen MR) is 246 cm³/mol. The van der Waals surface area contributed by atoms with Crippen LogP contribution in [-0.4, -0.2) is 115 Å². The molecule has 15 heteroatoms. The van der Waals surface area contributed by atoms with Gasteiger partial charge < -0.3 is 32.6 Å². The topological polar surface area (TPSA) is 91.0 Å². The molecule has 0 radical (unpaired) electrons. The summed E-state index contributed by atoms with van der Waals surface area (Å²) >= 11 is 1.17. The Hall–Kier alpha value is 0.741. The van der Waals surface area contributed by atoms with Gasteiger partial charge in [0.2, 0.25) is 0 Å². The van der Waals surface area contributed by atoms with Gasteiger partial charge in [-0.05, 0) is 110 Å². The van der Waals surface area contributed by atoms with E-state index in [1.165, 1.54) is 11.8 Å². The minimum atomic E-state index is -2.11. The third-order valence-corrected chi connectivity index (χ3v) is 28.8. The Bertz CT molecular complexity index is 1000. The molecule has 0 saturated carbocycles. The lowest BCUT2D eigenvalue weighted by molar-refractivity contribution is -0.111. The summed E-state index contributed by atoms with van der Waals surface area (Å²) in [5.74, 6) is 0.213. The van der Waals surface area contributed by atoms with E-state index in [4.69, 9.17) is 27.3 Å². The van der Waals surface area contributed by atoms with Crippen LogP contribution in [0, 0.1) is 0 Å². The van der Waals surface area contributed by atoms with E-state index in [2.05, 4.69) is 172 Å². The normalized spacial score (nSPS) is 14.7. The smallest absolute Gasteiger partial charge is 0.192 e. The van der Waals surface area contributed by atoms with Gasteiger partial charge in [0.1, 0.15) is 5.94 Å². The van der Waals surface area contributed by atoms with Gasteiger partial charge >= 0.3 is 0 Å². The first kappa shape index (κ1) is 55.7. The molecule has 0 spiro atoms. The Morgan fingerprint density at radius 1 is 0.600 bits per heavy atom. The quantitative estimate of drug-likeness (QED) is 0.0390. The third kappa shape index (κ3) is 18.9. The second-order valence-corrected chi connectivity index (χ2v) is 38.0. The largest absolute Gasteiger partial charge is 0.415 e. The molecular formula is C40H90N3O7PSSi3. The van der Waals surface area contributed by atoms with E-state index in [1.54, 1.807) is 0 Å². The molecule has 0 bridgehead atoms. The van der Waals surface area contributed by atoms with Crippen molar-refractivity contribution in [1.82, 2.24) is 14.7 Å². The summed E-state index contributed by atoms with van der Waals surface area (Å²) in [6, 6.07) is 1.29. The number of ether oxygens (including phenoxy) is 2. The molecule has 0 aliphatic rings. The van der Waals surface area contributed by atoms with Gasteiger partial charge in [0.05, 0.1) is 25.4 Å². The Labute approximate surface area is 349 Å². The lowest BCUT2D eigenvalue weighted by Gasteiger charge is -2.46. The van der Waals surface area contributed by atoms with Crippen LogP contribution in [0.4, 0.5) is 0 Å². The van der Waals surface area contributed by atoms with Crippen molar-refractivity contribution in [3.05, 3.63) is 0 Å². The van der Waals surface area contributed by atoms with E-state index in [1.807, 2.05) is 0 Å². The molecule has 0 heterocycles. The Balaban J connectivity index is 5.72. The summed E-state index contributed by atoms with van der Waals surface area (Å²) in [4.78, 5) is 13.2. The highest BCUT2D eigenvalue weighted by molar-refractivity contribution is 8.13. The molecule has 0 aliphatic carbocycles. The molecule has 0 fully saturated rings. The van der Waals surface area contributed by atoms with Gasteiger partial charge in [0.15, 0.2) is 52.1 Å². The van der Waals surface area contributed by atoms with E-state index in [0.717, 1.165) is 0 Å². The first-order valence-corrected chi connectivity index (χ1v) is 31.5. The summed E-state index contributed by atoms with van der Waals surface area (Å²) in [6.45, 7) is 53.8. The molecule has 1 N–H and O–H groups in total. The molecule has 0 aliphatic heterocycles. The monoisotopic (exact) mass is 872 g/mol. The zero-order valence-corrected chi connectivity index (χ0v) is 44.8. The van der Waals surface area contributed by atoms with Crippen LogP contribution in [0.15, 0.2) is 0 Å². The first-order chi connectivity index (χ1) is 24.6. The summed E-state index contributed by atoms with van der Waals surface area (Å²) in [5.41, 5.74) is -0.614. The average molecular weight is 872 g/mol. The van der Waals surface area contributed by atoms with Gasteiger partial charge in [-0.3, -0.25) is 4.79 Å². The molecule has 330 valence electrons. The van der Waals surface area contributed by atoms with Crippen LogP contribution in [0.5, 0.6) is 0 Å². The molecule has 0 aromatic carbocycles. The van der Waals surface area contributed by atoms with Gasteiger partial charge in [-0.2, -0.15) is 0 Å². The van der Waals surface area contributed by atoms with Gasteiger partial charge in [0, 0.05) is 37.1 Å². The summed E-state index contributed by atoms with van der Waals surface area (Å²) in [7, 11) is -7.37. The summed E-state index contributed by atoms with van der Waals surface area (Å²) in [6.07, 6.45) is 0.338. The highest BCUT2D eigenvalue weighted by Gasteiger charge is 2.46. The number of nitrogens with zero attached hydrogens (tertiary/aromatic N) is 2. The zero-order chi connectivity index (χ0) is 43.4. The number of hydrogen-bond donors (Lipinski definition) is 1. The fraction of sp³-hybridized carbons (Fsp3) is 0.975. The second-order valence-electron chi connectivity index (χ2n) is 20.9. The summed E-state index contributed by atoms with van der Waals surface area (Å²) < 4.78 is 43.5. The van der Waals surface area contributed by atoms with Crippen molar-refractivity contribution in [2.24, 2.45) is 0 Å². The zero-order valence-electron chi connectivity index (χ0n) is 40.1. The van der Waals surface area contributed by atoms with Gasteiger partial charge in [-0.15, -0.1) is 0 Å². The molecular weight excluding hydrogens is 782 g/mol. The maximum Gasteiger partial charge on any atom is 0.192 e. The molecule has 0 saturated heterocycles. The van der Waals surface area contributed by atoms with Crippen LogP contribution in [0.1, 0.15) is 124 Å². The lowest BCUT2D eigenvalue weighted by Crippen LogP contribution is -2.62. The van der Waals surface area contributed by atoms with Crippen molar-refractivity contribution in [1.29, 1.82) is 0 Å². The lowest BCUT2D eigenvalue weighted by atomic mass is 10.0. The van der Waals surface area contributed by atoms with Crippen molar-refractivity contribution in [3.8, 4) is 0 Å². The fourth-order valence-electron chi connectivity index (χ4n) is 4.94. The maximum absolute atomic E-state index is 13.2. The number of carbonyl (C=O) groups excluding carboxylic acids is 1. The highest BCUT2D eigenvalue weighted by atomic mass is 32.2. The van der Waals surface area contributed by atoms with E-state index in [9.17, 15) is 4.79 Å². The number of thioether (sulfide) groups is 1. The van der Waals surface area contributed by atoms with Crippen LogP contribution < -0.4 is 5.32 Å². The first-order valence-electron chi connectivity index (χ1n) is 20.6. The number of carbonyl (C=O) groups is 1. The van der Waals surface area contributed by atoms with Crippen LogP contribution >= 0.6 is 20.2 Å². The Morgan fingerprint density at radius 2 is 0.945 bits per heavy atom. The Kier molecular flexibility index (Phi) is 23.4. The van der Waals surface area contributed by atoms with Gasteiger partial charge in [0.25, 0.3) is 0 Å². The molecule has 0 aromatic heterocycles. The van der Waals surface area contributed by atoms with Gasteiger partial charge in [-0.25, -0.2) is 9.34 Å². The van der Waals surface area contributed by atoms with Crippen molar-refractivity contribution < 1.29 is 32.1 Å². The van der Waals surface area contributed by atoms with E-state index < -0.39 is 38.9 Å². The highest BCUT2D eigenvalue weighted by Crippen LogP contribution is 2.50. The Morgan fingerprint density at radius 3 is 1.25 bits per heavy atom. The van der Waals surface area contributed by atoms with Gasteiger partial charge in [-0.1, -0.05) is 74.1 Å². The van der Waals surface area contributed by atoms with E-state index >= 15 is 0 Å². The number of nitrogens with one attached hydrogen (secondary N) is 1.